The van der Waals surface area contributed by atoms with Gasteiger partial charge in [0.15, 0.2) is 0 Å². The molecule has 164 valence electrons. The summed E-state index contributed by atoms with van der Waals surface area (Å²) in [7, 11) is 0. The van der Waals surface area contributed by atoms with E-state index in [1.165, 1.54) is 4.88 Å². The lowest BCUT2D eigenvalue weighted by Crippen LogP contribution is -2.46. The Morgan fingerprint density at radius 1 is 1.27 bits per heavy atom. The highest BCUT2D eigenvalue weighted by molar-refractivity contribution is 7.15. The molecular formula is C23H32N2O4S. The predicted octanol–water partition coefficient (Wildman–Crippen LogP) is 4.27. The second-order valence-corrected chi connectivity index (χ2v) is 10.2. The van der Waals surface area contributed by atoms with Crippen molar-refractivity contribution in [3.8, 4) is 16.3 Å². The zero-order valence-electron chi connectivity index (χ0n) is 18.2. The third kappa shape index (κ3) is 5.39. The number of ether oxygens (including phenoxy) is 1. The quantitative estimate of drug-likeness (QED) is 0.680. The van der Waals surface area contributed by atoms with Gasteiger partial charge in [-0.1, -0.05) is 20.8 Å². The molecule has 0 aromatic carbocycles. The molecule has 3 heterocycles. The maximum absolute atomic E-state index is 11.7. The van der Waals surface area contributed by atoms with Crippen LogP contribution in [0.4, 0.5) is 0 Å². The molecule has 0 aliphatic carbocycles. The van der Waals surface area contributed by atoms with Gasteiger partial charge in [-0.3, -0.25) is 9.69 Å². The molecule has 7 heteroatoms. The Balaban J connectivity index is 1.80. The molecule has 0 amide bonds. The van der Waals surface area contributed by atoms with Gasteiger partial charge in [-0.15, -0.1) is 11.3 Å². The second-order valence-electron chi connectivity index (χ2n) is 9.03. The largest absolute Gasteiger partial charge is 0.492 e. The molecule has 0 bridgehead atoms. The van der Waals surface area contributed by atoms with Crippen molar-refractivity contribution < 1.29 is 19.7 Å². The Morgan fingerprint density at radius 3 is 2.67 bits per heavy atom. The summed E-state index contributed by atoms with van der Waals surface area (Å²) in [5, 5.41) is 19.1. The molecule has 2 aromatic rings. The predicted molar refractivity (Wildman–Crippen MR) is 119 cm³/mol. The zero-order chi connectivity index (χ0) is 21.9. The summed E-state index contributed by atoms with van der Waals surface area (Å²) in [6.07, 6.45) is 0.737. The number of pyridine rings is 1. The van der Waals surface area contributed by atoms with Crippen LogP contribution in [0.3, 0.4) is 0 Å². The van der Waals surface area contributed by atoms with Crippen LogP contribution in [0.5, 0.6) is 5.75 Å². The van der Waals surface area contributed by atoms with Crippen LogP contribution in [0.2, 0.25) is 0 Å². The van der Waals surface area contributed by atoms with Crippen LogP contribution in [-0.2, 0) is 17.9 Å². The molecule has 0 radical (unpaired) electrons. The van der Waals surface area contributed by atoms with E-state index in [2.05, 4.69) is 36.7 Å². The third-order valence-corrected chi connectivity index (χ3v) is 6.83. The number of aliphatic hydroxyl groups is 1. The van der Waals surface area contributed by atoms with Gasteiger partial charge in [0.25, 0.3) is 0 Å². The molecule has 1 saturated heterocycles. The van der Waals surface area contributed by atoms with Crippen LogP contribution in [-0.4, -0.2) is 45.8 Å². The van der Waals surface area contributed by atoms with Crippen LogP contribution in [0.15, 0.2) is 24.3 Å². The Morgan fingerprint density at radius 2 is 2.03 bits per heavy atom. The van der Waals surface area contributed by atoms with Crippen molar-refractivity contribution in [1.82, 2.24) is 9.88 Å². The van der Waals surface area contributed by atoms with Gasteiger partial charge >= 0.3 is 5.97 Å². The van der Waals surface area contributed by atoms with Crippen LogP contribution >= 0.6 is 11.3 Å². The zero-order valence-corrected chi connectivity index (χ0v) is 19.0. The van der Waals surface area contributed by atoms with Gasteiger partial charge in [0.2, 0.25) is 0 Å². The highest BCUT2D eigenvalue weighted by Crippen LogP contribution is 2.38. The minimum absolute atomic E-state index is 0.0774. The number of thiophene rings is 1. The summed E-state index contributed by atoms with van der Waals surface area (Å²) in [6.45, 7) is 11.2. The number of likely N-dealkylation sites (tertiary alicyclic amines) is 1. The lowest BCUT2D eigenvalue weighted by Gasteiger charge is -2.42. The number of aromatic nitrogens is 1. The van der Waals surface area contributed by atoms with Crippen molar-refractivity contribution in [2.75, 3.05) is 19.7 Å². The van der Waals surface area contributed by atoms with Crippen molar-refractivity contribution in [2.24, 2.45) is 17.3 Å². The molecule has 1 aliphatic heterocycles. The fraction of sp³-hybridized carbons (Fsp3) is 0.565. The molecule has 2 aromatic heterocycles. The van der Waals surface area contributed by atoms with Crippen molar-refractivity contribution in [1.29, 1.82) is 0 Å². The van der Waals surface area contributed by atoms with Crippen LogP contribution < -0.4 is 4.74 Å². The van der Waals surface area contributed by atoms with Crippen LogP contribution in [0.1, 0.15) is 44.7 Å². The summed E-state index contributed by atoms with van der Waals surface area (Å²) >= 11 is 1.64. The van der Waals surface area contributed by atoms with E-state index in [0.717, 1.165) is 30.1 Å². The standard InChI is InChI=1S/C23H32N2O4S/c1-5-29-19-8-6-17(14-26)24-21(19)20-9-7-18(30-20)13-25-11-15(22(27)28)10-16(12-25)23(2,3)4/h6-9,15-16,26H,5,10-14H2,1-4H3,(H,27,28)/t15-,16-/m1/s1. The number of hydrogen-bond acceptors (Lipinski definition) is 6. The Kier molecular flexibility index (Phi) is 7.16. The minimum atomic E-state index is -0.702. The van der Waals surface area contributed by atoms with Crippen molar-refractivity contribution >= 4 is 17.3 Å². The number of carboxylic acids is 1. The average molecular weight is 433 g/mol. The van der Waals surface area contributed by atoms with Gasteiger partial charge in [-0.05, 0) is 48.9 Å². The van der Waals surface area contributed by atoms with Crippen molar-refractivity contribution in [3.63, 3.8) is 0 Å². The number of rotatable bonds is 7. The molecule has 1 aliphatic rings. The fourth-order valence-electron chi connectivity index (χ4n) is 3.96. The van der Waals surface area contributed by atoms with E-state index in [1.54, 1.807) is 17.4 Å². The van der Waals surface area contributed by atoms with Gasteiger partial charge in [0, 0.05) is 24.5 Å². The first kappa shape index (κ1) is 22.7. The van der Waals surface area contributed by atoms with E-state index in [1.807, 2.05) is 19.1 Å². The van der Waals surface area contributed by atoms with Crippen LogP contribution in [0.25, 0.3) is 10.6 Å². The normalized spacial score (nSPS) is 20.3. The number of carbonyl (C=O) groups is 1. The second kappa shape index (κ2) is 9.45. The number of aliphatic carboxylic acids is 1. The van der Waals surface area contributed by atoms with Gasteiger partial charge in [-0.25, -0.2) is 4.98 Å². The molecule has 6 nitrogen and oxygen atoms in total. The summed E-state index contributed by atoms with van der Waals surface area (Å²) < 4.78 is 5.73. The molecule has 0 saturated carbocycles. The molecular weight excluding hydrogens is 400 g/mol. The highest BCUT2D eigenvalue weighted by atomic mass is 32.1. The summed E-state index contributed by atoms with van der Waals surface area (Å²) in [5.41, 5.74) is 1.43. The molecule has 30 heavy (non-hydrogen) atoms. The first-order valence-electron chi connectivity index (χ1n) is 10.5. The van der Waals surface area contributed by atoms with Crippen LogP contribution in [0, 0.1) is 17.3 Å². The van der Waals surface area contributed by atoms with E-state index >= 15 is 0 Å². The maximum Gasteiger partial charge on any atom is 0.307 e. The van der Waals surface area contributed by atoms with Gasteiger partial charge < -0.3 is 14.9 Å². The molecule has 0 spiro atoms. The molecule has 3 rings (SSSR count). The smallest absolute Gasteiger partial charge is 0.307 e. The number of piperidine rings is 1. The molecule has 0 unspecified atom stereocenters. The van der Waals surface area contributed by atoms with Crippen molar-refractivity contribution in [3.05, 3.63) is 34.8 Å². The Bertz CT molecular complexity index is 874. The molecule has 1 fully saturated rings. The monoisotopic (exact) mass is 432 g/mol. The first-order chi connectivity index (χ1) is 14.2. The lowest BCUT2D eigenvalue weighted by atomic mass is 9.73. The number of aliphatic hydroxyl groups excluding tert-OH is 1. The first-order valence-corrected chi connectivity index (χ1v) is 11.3. The highest BCUT2D eigenvalue weighted by Gasteiger charge is 2.37. The lowest BCUT2D eigenvalue weighted by molar-refractivity contribution is -0.145. The van der Waals surface area contributed by atoms with E-state index < -0.39 is 5.97 Å². The van der Waals surface area contributed by atoms with E-state index in [-0.39, 0.29) is 17.9 Å². The van der Waals surface area contributed by atoms with E-state index in [0.29, 0.717) is 30.5 Å². The Hall–Kier alpha value is -1.96. The topological polar surface area (TPSA) is 82.9 Å². The van der Waals surface area contributed by atoms with Gasteiger partial charge in [0.1, 0.15) is 11.4 Å². The summed E-state index contributed by atoms with van der Waals surface area (Å²) in [6, 6.07) is 7.74. The fourth-order valence-corrected chi connectivity index (χ4v) is 5.00. The summed E-state index contributed by atoms with van der Waals surface area (Å²) in [5.74, 6) is 0.0288. The van der Waals surface area contributed by atoms with Gasteiger partial charge in [-0.2, -0.15) is 0 Å². The molecule has 2 atom stereocenters. The van der Waals surface area contributed by atoms with Gasteiger partial charge in [0.05, 0.1) is 29.7 Å². The molecule has 2 N–H and O–H groups in total. The SMILES string of the molecule is CCOc1ccc(CO)nc1-c1ccc(CN2C[C@H](C(=O)O)C[C@@H](C(C)(C)C)C2)s1. The number of nitrogens with zero attached hydrogens (tertiary/aromatic N) is 2. The van der Waals surface area contributed by atoms with Crippen molar-refractivity contribution in [2.45, 2.75) is 47.3 Å². The van der Waals surface area contributed by atoms with E-state index in [9.17, 15) is 15.0 Å². The van der Waals surface area contributed by atoms with E-state index in [4.69, 9.17) is 4.74 Å². The number of hydrogen-bond donors (Lipinski definition) is 2. The minimum Gasteiger partial charge on any atom is -0.492 e. The maximum atomic E-state index is 11.7. The number of carboxylic acid groups (broad SMARTS) is 1. The average Bonchev–Trinajstić information content (AvgIpc) is 3.15. The summed E-state index contributed by atoms with van der Waals surface area (Å²) in [4.78, 5) is 20.7. The third-order valence-electron chi connectivity index (χ3n) is 5.75. The Labute approximate surface area is 182 Å².